The topological polar surface area (TPSA) is 118 Å². The molecule has 232 valence electrons. The molecule has 2 saturated heterocycles. The average Bonchev–Trinajstić information content (AvgIpc) is 3.62. The summed E-state index contributed by atoms with van der Waals surface area (Å²) in [5.41, 5.74) is 2.42. The molecule has 4 aromatic rings. The number of benzene rings is 2. The van der Waals surface area contributed by atoms with Gasteiger partial charge in [-0.3, -0.25) is 4.79 Å². The Morgan fingerprint density at radius 2 is 1.84 bits per heavy atom. The highest BCUT2D eigenvalue weighted by Gasteiger charge is 2.55. The van der Waals surface area contributed by atoms with Crippen molar-refractivity contribution >= 4 is 34.4 Å². The van der Waals surface area contributed by atoms with Crippen molar-refractivity contribution in [2.45, 2.75) is 64.3 Å². The summed E-state index contributed by atoms with van der Waals surface area (Å²) in [4.78, 5) is 21.4. The van der Waals surface area contributed by atoms with E-state index in [9.17, 15) is 4.79 Å². The zero-order valence-corrected chi connectivity index (χ0v) is 25.8. The highest BCUT2D eigenvalue weighted by atomic mass is 35.5. The van der Waals surface area contributed by atoms with Crippen LogP contribution in [-0.4, -0.2) is 71.0 Å². The lowest BCUT2D eigenvalue weighted by molar-refractivity contribution is -0.228. The van der Waals surface area contributed by atoms with Crippen molar-refractivity contribution in [2.75, 3.05) is 25.5 Å². The Morgan fingerprint density at radius 3 is 2.59 bits per heavy atom. The number of methoxy groups -OCH3 is 1. The van der Waals surface area contributed by atoms with Gasteiger partial charge in [0.15, 0.2) is 17.9 Å². The Labute approximate surface area is 260 Å². The molecule has 4 heterocycles. The van der Waals surface area contributed by atoms with Gasteiger partial charge in [-0.15, -0.1) is 0 Å². The lowest BCUT2D eigenvalue weighted by Crippen LogP contribution is -2.33. The molecule has 6 rings (SSSR count). The van der Waals surface area contributed by atoms with E-state index in [-0.39, 0.29) is 24.7 Å². The minimum absolute atomic E-state index is 0.0956. The average molecular weight is 622 g/mol. The number of rotatable bonds is 11. The highest BCUT2D eigenvalue weighted by Crippen LogP contribution is 2.40. The minimum Gasteiger partial charge on any atom is -0.487 e. The number of amides is 1. The van der Waals surface area contributed by atoms with Crippen molar-refractivity contribution in [3.05, 3.63) is 71.4 Å². The van der Waals surface area contributed by atoms with Crippen molar-refractivity contribution < 1.29 is 28.5 Å². The normalized spacial score (nSPS) is 22.2. The molecule has 0 radical (unpaired) electrons. The Morgan fingerprint density at radius 1 is 1.05 bits per heavy atom. The van der Waals surface area contributed by atoms with E-state index < -0.39 is 18.2 Å². The molecule has 0 saturated carbocycles. The second kappa shape index (κ2) is 12.7. The van der Waals surface area contributed by atoms with E-state index in [4.69, 9.17) is 45.3 Å². The highest BCUT2D eigenvalue weighted by molar-refractivity contribution is 6.30. The third kappa shape index (κ3) is 6.52. The molecule has 2 aromatic carbocycles. The van der Waals surface area contributed by atoms with Gasteiger partial charge in [0.2, 0.25) is 5.91 Å². The summed E-state index contributed by atoms with van der Waals surface area (Å²) in [5, 5.41) is 7.61. The van der Waals surface area contributed by atoms with Crippen molar-refractivity contribution in [3.8, 4) is 17.1 Å². The molecule has 2 N–H and O–H groups in total. The molecule has 12 heteroatoms. The van der Waals surface area contributed by atoms with Crippen LogP contribution in [0.4, 0.5) is 5.82 Å². The largest absolute Gasteiger partial charge is 0.487 e. The summed E-state index contributed by atoms with van der Waals surface area (Å²) < 4.78 is 32.7. The van der Waals surface area contributed by atoms with Gasteiger partial charge in [0.25, 0.3) is 0 Å². The van der Waals surface area contributed by atoms with Gasteiger partial charge in [-0.1, -0.05) is 48.0 Å². The van der Waals surface area contributed by atoms with Gasteiger partial charge in [-0.25, -0.2) is 9.97 Å². The van der Waals surface area contributed by atoms with E-state index >= 15 is 0 Å². The van der Waals surface area contributed by atoms with Crippen LogP contribution in [0.3, 0.4) is 0 Å². The summed E-state index contributed by atoms with van der Waals surface area (Å²) in [6.07, 6.45) is -1.67. The molecule has 0 spiro atoms. The number of halogens is 1. The van der Waals surface area contributed by atoms with Crippen molar-refractivity contribution in [1.29, 1.82) is 0 Å². The fourth-order valence-corrected chi connectivity index (χ4v) is 5.82. The van der Waals surface area contributed by atoms with E-state index in [1.165, 1.54) is 6.92 Å². The number of nitrogens with zero attached hydrogens (tertiary/aromatic N) is 3. The zero-order chi connectivity index (χ0) is 30.8. The maximum atomic E-state index is 11.5. The second-order valence-electron chi connectivity index (χ2n) is 11.2. The quantitative estimate of drug-likeness (QED) is 0.228. The van der Waals surface area contributed by atoms with Crippen LogP contribution in [0.15, 0.2) is 60.7 Å². The van der Waals surface area contributed by atoms with Crippen LogP contribution in [0.25, 0.3) is 22.4 Å². The van der Waals surface area contributed by atoms with Crippen LogP contribution >= 0.6 is 11.6 Å². The third-order valence-electron chi connectivity index (χ3n) is 7.55. The molecular weight excluding hydrogens is 586 g/mol. The standard InChI is InChI=1S/C32H36ClN5O6/c1-19(39)34-13-14-35-29-24-16-22(18-41-23-12-8-11-21(33)15-23)38(30(24)37-28(36-29)20-9-6-5-7-10-20)17-25-26-27(31(40-4)42-25)44-32(2,3)43-26/h5-12,15-16,25-27,31H,13-14,17-18H2,1-4H3,(H,34,39)(H,35,36,37)/t25-,26-,27-,31?/m1/s1. The summed E-state index contributed by atoms with van der Waals surface area (Å²) in [7, 11) is 1.60. The molecule has 2 aromatic heterocycles. The smallest absolute Gasteiger partial charge is 0.216 e. The van der Waals surface area contributed by atoms with Crippen molar-refractivity contribution in [1.82, 2.24) is 19.9 Å². The lowest BCUT2D eigenvalue weighted by Gasteiger charge is -2.24. The molecule has 11 nitrogen and oxygen atoms in total. The van der Waals surface area contributed by atoms with Crippen molar-refractivity contribution in [3.63, 3.8) is 0 Å². The molecule has 0 bridgehead atoms. The molecule has 1 unspecified atom stereocenters. The number of nitrogens with one attached hydrogen (secondary N) is 2. The first kappa shape index (κ1) is 30.3. The van der Waals surface area contributed by atoms with E-state index in [1.807, 2.05) is 62.4 Å². The number of fused-ring (bicyclic) bond motifs is 2. The van der Waals surface area contributed by atoms with Crippen LogP contribution in [0.2, 0.25) is 5.02 Å². The van der Waals surface area contributed by atoms with Crippen molar-refractivity contribution in [2.24, 2.45) is 0 Å². The SMILES string of the molecule is COC1O[C@H](Cn2c(COc3cccc(Cl)c3)cc3c(NCCNC(C)=O)nc(-c4ccccc4)nc32)[C@H]2OC(C)(C)O[C@@H]12. The van der Waals surface area contributed by atoms with Gasteiger partial charge >= 0.3 is 0 Å². The number of ether oxygens (including phenoxy) is 5. The fourth-order valence-electron chi connectivity index (χ4n) is 5.64. The third-order valence-corrected chi connectivity index (χ3v) is 7.78. The Bertz CT molecular complexity index is 1630. The van der Waals surface area contributed by atoms with E-state index in [2.05, 4.69) is 15.2 Å². The van der Waals surface area contributed by atoms with Gasteiger partial charge < -0.3 is 38.9 Å². The predicted molar refractivity (Wildman–Crippen MR) is 165 cm³/mol. The molecular formula is C32H36ClN5O6. The molecule has 2 aliphatic heterocycles. The molecule has 2 fully saturated rings. The maximum absolute atomic E-state index is 11.5. The summed E-state index contributed by atoms with van der Waals surface area (Å²) in [6.45, 7) is 6.83. The van der Waals surface area contributed by atoms with Crippen LogP contribution in [-0.2, 0) is 36.9 Å². The van der Waals surface area contributed by atoms with Gasteiger partial charge in [-0.05, 0) is 38.1 Å². The van der Waals surface area contributed by atoms with Crippen LogP contribution in [0.5, 0.6) is 5.75 Å². The number of hydrogen-bond donors (Lipinski definition) is 2. The predicted octanol–water partition coefficient (Wildman–Crippen LogP) is 4.77. The van der Waals surface area contributed by atoms with Crippen LogP contribution in [0.1, 0.15) is 26.5 Å². The van der Waals surface area contributed by atoms with Crippen LogP contribution < -0.4 is 15.4 Å². The van der Waals surface area contributed by atoms with Gasteiger partial charge in [0, 0.05) is 37.7 Å². The Kier molecular flexibility index (Phi) is 8.75. The van der Waals surface area contributed by atoms with E-state index in [1.54, 1.807) is 19.2 Å². The molecule has 4 atom stereocenters. The van der Waals surface area contributed by atoms with Gasteiger partial charge in [0.1, 0.15) is 42.1 Å². The lowest BCUT2D eigenvalue weighted by atomic mass is 10.1. The first-order valence-corrected chi connectivity index (χ1v) is 14.9. The summed E-state index contributed by atoms with van der Waals surface area (Å²) in [5.74, 6) is 0.984. The summed E-state index contributed by atoms with van der Waals surface area (Å²) >= 11 is 6.22. The molecule has 1 amide bonds. The molecule has 0 aliphatic carbocycles. The number of aromatic nitrogens is 3. The Balaban J connectivity index is 1.42. The molecule has 44 heavy (non-hydrogen) atoms. The monoisotopic (exact) mass is 621 g/mol. The zero-order valence-electron chi connectivity index (χ0n) is 25.1. The minimum atomic E-state index is -0.765. The maximum Gasteiger partial charge on any atom is 0.216 e. The van der Waals surface area contributed by atoms with E-state index in [0.29, 0.717) is 47.7 Å². The van der Waals surface area contributed by atoms with Crippen LogP contribution in [0, 0.1) is 0 Å². The number of anilines is 1. The number of hydrogen-bond acceptors (Lipinski definition) is 9. The second-order valence-corrected chi connectivity index (χ2v) is 11.7. The number of carbonyl (C=O) groups excluding carboxylic acids is 1. The Hall–Kier alpha value is -3.74. The first-order valence-electron chi connectivity index (χ1n) is 14.6. The number of carbonyl (C=O) groups is 1. The first-order chi connectivity index (χ1) is 21.2. The van der Waals surface area contributed by atoms with Gasteiger partial charge in [-0.2, -0.15) is 0 Å². The van der Waals surface area contributed by atoms with Gasteiger partial charge in [0.05, 0.1) is 17.6 Å². The fraction of sp³-hybridized carbons (Fsp3) is 0.406. The van der Waals surface area contributed by atoms with E-state index in [0.717, 1.165) is 16.6 Å². The molecule has 2 aliphatic rings. The summed E-state index contributed by atoms with van der Waals surface area (Å²) in [6, 6.07) is 19.1.